The van der Waals surface area contributed by atoms with Crippen LogP contribution in [0.5, 0.6) is 0 Å². The molecule has 3 aliphatic rings. The van der Waals surface area contributed by atoms with Gasteiger partial charge in [0.05, 0.1) is 18.8 Å². The van der Waals surface area contributed by atoms with Crippen LogP contribution in [-0.2, 0) is 51.2 Å². The van der Waals surface area contributed by atoms with Gasteiger partial charge in [0, 0.05) is 25.9 Å². The monoisotopic (exact) mass is 860 g/mol. The fraction of sp³-hybridized carbons (Fsp3) is 0.545. The molecule has 2 aromatic rings. The number of hydrogen-bond donors (Lipinski definition) is 8. The van der Waals surface area contributed by atoms with E-state index in [1.165, 1.54) is 23.6 Å². The van der Waals surface area contributed by atoms with E-state index in [-0.39, 0.29) is 51.1 Å². The topological polar surface area (TPSA) is 256 Å². The minimum atomic E-state index is -1.53. The fourth-order valence-corrected chi connectivity index (χ4v) is 8.14. The third kappa shape index (κ3) is 12.4. The average molecular weight is 861 g/mol. The Morgan fingerprint density at radius 2 is 0.968 bits per heavy atom. The number of nitrogens with one attached hydrogen (secondary N) is 6. The highest BCUT2D eigenvalue weighted by Crippen LogP contribution is 2.23. The van der Waals surface area contributed by atoms with E-state index in [0.717, 1.165) is 0 Å². The smallest absolute Gasteiger partial charge is 0.248 e. The van der Waals surface area contributed by atoms with Crippen molar-refractivity contribution in [2.75, 3.05) is 19.6 Å². The highest BCUT2D eigenvalue weighted by Gasteiger charge is 2.44. The van der Waals surface area contributed by atoms with E-state index >= 15 is 0 Å². The third-order valence-electron chi connectivity index (χ3n) is 11.4. The maximum Gasteiger partial charge on any atom is 0.248 e. The number of aliphatic hydroxyl groups excluding tert-OH is 2. The lowest BCUT2D eigenvalue weighted by atomic mass is 9.99. The maximum absolute atomic E-state index is 14.3. The van der Waals surface area contributed by atoms with E-state index in [9.17, 15) is 48.6 Å². The lowest BCUT2D eigenvalue weighted by Crippen LogP contribution is -2.62. The van der Waals surface area contributed by atoms with E-state index in [0.29, 0.717) is 24.0 Å². The highest BCUT2D eigenvalue weighted by atomic mass is 16.3. The molecule has 3 heterocycles. The number of rotatable bonds is 8. The first kappa shape index (κ1) is 47.2. The quantitative estimate of drug-likeness (QED) is 0.158. The standard InChI is InChI=1S/C44H60N8O10/c1-25(2)21-30-39(57)47-32(23-29-15-9-6-10-16-29)40(58)46-31(22-28-13-7-5-8-14-28)38(56)45-24-35(55)49-36(26(3)53)43(61)52-20-12-18-34(52)42(60)50-37(27(4)54)44(62)51-19-11-17-33(51)41(59)48-30/h5-10,13-16,25-27,30-34,36-37,53-54H,11-12,17-24H2,1-4H3,(H,45,56)(H,46,58)(H,47,57)(H,48,59)(H,49,55)(H,50,60). The molecule has 3 fully saturated rings. The first-order chi connectivity index (χ1) is 29.5. The van der Waals surface area contributed by atoms with Gasteiger partial charge in [0.15, 0.2) is 0 Å². The summed E-state index contributed by atoms with van der Waals surface area (Å²) in [5, 5.41) is 37.4. The van der Waals surface area contributed by atoms with Gasteiger partial charge in [-0.15, -0.1) is 0 Å². The van der Waals surface area contributed by atoms with Gasteiger partial charge in [-0.1, -0.05) is 74.5 Å². The number of nitrogens with zero attached hydrogens (tertiary/aromatic N) is 2. The molecule has 0 spiro atoms. The van der Waals surface area contributed by atoms with Crippen LogP contribution in [0.3, 0.4) is 0 Å². The molecular weight excluding hydrogens is 801 g/mol. The van der Waals surface area contributed by atoms with Gasteiger partial charge in [-0.3, -0.25) is 38.4 Å². The summed E-state index contributed by atoms with van der Waals surface area (Å²) in [6, 6.07) is 8.85. The van der Waals surface area contributed by atoms with Crippen LogP contribution in [0.25, 0.3) is 0 Å². The molecular formula is C44H60N8O10. The molecule has 0 bridgehead atoms. The van der Waals surface area contributed by atoms with Crippen molar-refractivity contribution < 1.29 is 48.6 Å². The normalized spacial score (nSPS) is 27.4. The van der Waals surface area contributed by atoms with Crippen molar-refractivity contribution in [1.29, 1.82) is 0 Å². The molecule has 9 atom stereocenters. The van der Waals surface area contributed by atoms with Gasteiger partial charge in [-0.05, 0) is 63.0 Å². The van der Waals surface area contributed by atoms with Crippen LogP contribution in [-0.4, -0.2) is 141 Å². The fourth-order valence-electron chi connectivity index (χ4n) is 8.14. The molecule has 3 saturated heterocycles. The Kier molecular flexibility index (Phi) is 16.6. The number of carbonyl (C=O) groups is 8. The first-order valence-corrected chi connectivity index (χ1v) is 21.4. The van der Waals surface area contributed by atoms with Crippen LogP contribution in [0.4, 0.5) is 0 Å². The molecule has 336 valence electrons. The molecule has 5 rings (SSSR count). The Labute approximate surface area is 361 Å². The summed E-state index contributed by atoms with van der Waals surface area (Å²) < 4.78 is 0. The minimum absolute atomic E-state index is 0.00219. The molecule has 0 saturated carbocycles. The summed E-state index contributed by atoms with van der Waals surface area (Å²) in [4.78, 5) is 114. The van der Waals surface area contributed by atoms with Crippen molar-refractivity contribution in [2.45, 2.75) is 127 Å². The zero-order valence-corrected chi connectivity index (χ0v) is 35.7. The first-order valence-electron chi connectivity index (χ1n) is 21.4. The van der Waals surface area contributed by atoms with Gasteiger partial charge in [0.2, 0.25) is 47.3 Å². The number of fused-ring (bicyclic) bond motifs is 2. The van der Waals surface area contributed by atoms with Crippen molar-refractivity contribution in [2.24, 2.45) is 5.92 Å². The van der Waals surface area contributed by atoms with Crippen LogP contribution in [0.1, 0.15) is 70.9 Å². The molecule has 62 heavy (non-hydrogen) atoms. The van der Waals surface area contributed by atoms with Crippen molar-refractivity contribution in [3.63, 3.8) is 0 Å². The van der Waals surface area contributed by atoms with Crippen molar-refractivity contribution in [3.8, 4) is 0 Å². The van der Waals surface area contributed by atoms with Crippen LogP contribution in [0.2, 0.25) is 0 Å². The molecule has 9 unspecified atom stereocenters. The van der Waals surface area contributed by atoms with Gasteiger partial charge in [-0.25, -0.2) is 0 Å². The molecule has 8 amide bonds. The average Bonchev–Trinajstić information content (AvgIpc) is 3.94. The van der Waals surface area contributed by atoms with E-state index in [2.05, 4.69) is 31.9 Å². The summed E-state index contributed by atoms with van der Waals surface area (Å²) in [6.45, 7) is 5.87. The molecule has 3 aliphatic heterocycles. The second kappa shape index (κ2) is 21.8. The summed E-state index contributed by atoms with van der Waals surface area (Å²) >= 11 is 0. The van der Waals surface area contributed by atoms with Crippen molar-refractivity contribution in [1.82, 2.24) is 41.7 Å². The Morgan fingerprint density at radius 3 is 1.44 bits per heavy atom. The third-order valence-corrected chi connectivity index (χ3v) is 11.4. The van der Waals surface area contributed by atoms with E-state index in [1.54, 1.807) is 60.7 Å². The maximum atomic E-state index is 14.3. The molecule has 0 radical (unpaired) electrons. The van der Waals surface area contributed by atoms with Crippen LogP contribution < -0.4 is 31.9 Å². The highest BCUT2D eigenvalue weighted by molar-refractivity contribution is 5.99. The molecule has 0 aliphatic carbocycles. The van der Waals surface area contributed by atoms with Gasteiger partial charge < -0.3 is 51.9 Å². The molecule has 8 N–H and O–H groups in total. The SMILES string of the molecule is CC(C)CC1NC(=O)C2CCCN2C(=O)C(C(C)O)NC(=O)C2CCCN2C(=O)C(C(C)O)NC(=O)CNC(=O)C(Cc2ccccc2)NC(=O)C(Cc2ccccc2)NC1=O. The predicted molar refractivity (Wildman–Crippen MR) is 225 cm³/mol. The van der Waals surface area contributed by atoms with Crippen LogP contribution >= 0.6 is 0 Å². The molecule has 2 aromatic carbocycles. The molecule has 0 aromatic heterocycles. The van der Waals surface area contributed by atoms with Crippen LogP contribution in [0, 0.1) is 5.92 Å². The van der Waals surface area contributed by atoms with E-state index in [1.807, 2.05) is 13.8 Å². The molecule has 18 heteroatoms. The van der Waals surface area contributed by atoms with E-state index < -0.39 is 108 Å². The van der Waals surface area contributed by atoms with Gasteiger partial charge in [0.1, 0.15) is 42.3 Å². The summed E-state index contributed by atoms with van der Waals surface area (Å²) in [5.41, 5.74) is 1.37. The Balaban J connectivity index is 1.51. The van der Waals surface area contributed by atoms with E-state index in [4.69, 9.17) is 0 Å². The number of amides is 8. The minimum Gasteiger partial charge on any atom is -0.391 e. The van der Waals surface area contributed by atoms with Crippen LogP contribution in [0.15, 0.2) is 60.7 Å². The summed E-state index contributed by atoms with van der Waals surface area (Å²) in [7, 11) is 0. The number of benzene rings is 2. The molecule has 18 nitrogen and oxygen atoms in total. The van der Waals surface area contributed by atoms with Gasteiger partial charge >= 0.3 is 0 Å². The summed E-state index contributed by atoms with van der Waals surface area (Å²) in [6.07, 6.45) is -1.47. The van der Waals surface area contributed by atoms with Crippen molar-refractivity contribution >= 4 is 47.3 Å². The Bertz CT molecular complexity index is 1930. The number of carbonyl (C=O) groups excluding carboxylic acids is 8. The lowest BCUT2D eigenvalue weighted by Gasteiger charge is -2.33. The van der Waals surface area contributed by atoms with Gasteiger partial charge in [0.25, 0.3) is 0 Å². The Morgan fingerprint density at radius 1 is 0.548 bits per heavy atom. The largest absolute Gasteiger partial charge is 0.391 e. The predicted octanol–water partition coefficient (Wildman–Crippen LogP) is -1.18. The number of aliphatic hydroxyl groups is 2. The zero-order chi connectivity index (χ0) is 45.1. The van der Waals surface area contributed by atoms with Crippen molar-refractivity contribution in [3.05, 3.63) is 71.8 Å². The second-order valence-electron chi connectivity index (χ2n) is 16.8. The Hall–Kier alpha value is -5.88. The summed E-state index contributed by atoms with van der Waals surface area (Å²) in [5.74, 6) is -5.99. The van der Waals surface area contributed by atoms with Gasteiger partial charge in [-0.2, -0.15) is 0 Å². The number of hydrogen-bond acceptors (Lipinski definition) is 10. The lowest BCUT2D eigenvalue weighted by molar-refractivity contribution is -0.147. The zero-order valence-electron chi connectivity index (χ0n) is 35.7. The second-order valence-corrected chi connectivity index (χ2v) is 16.8.